The molecule has 0 saturated carbocycles. The van der Waals surface area contributed by atoms with E-state index in [1.807, 2.05) is 6.92 Å². The van der Waals surface area contributed by atoms with E-state index in [2.05, 4.69) is 11.2 Å². The topological polar surface area (TPSA) is 66.5 Å². The lowest BCUT2D eigenvalue weighted by molar-refractivity contribution is -0.121. The van der Waals surface area contributed by atoms with Gasteiger partial charge >= 0.3 is 0 Å². The lowest BCUT2D eigenvalue weighted by Gasteiger charge is -2.13. The van der Waals surface area contributed by atoms with Gasteiger partial charge < -0.3 is 5.32 Å². The predicted molar refractivity (Wildman–Crippen MR) is 77.6 cm³/mol. The summed E-state index contributed by atoms with van der Waals surface area (Å²) in [6, 6.07) is 5.19. The van der Waals surface area contributed by atoms with Gasteiger partial charge in [-0.1, -0.05) is 17.6 Å². The lowest BCUT2D eigenvalue weighted by Crippen LogP contribution is -2.32. The summed E-state index contributed by atoms with van der Waals surface area (Å²) in [6.07, 6.45) is 5.69. The Labute approximate surface area is 123 Å². The average Bonchev–Trinajstić information content (AvgIpc) is 2.69. The molecular formula is C16H16N2O3. The van der Waals surface area contributed by atoms with E-state index in [0.717, 1.165) is 5.56 Å². The fourth-order valence-electron chi connectivity index (χ4n) is 2.24. The quantitative estimate of drug-likeness (QED) is 0.651. The highest BCUT2D eigenvalue weighted by Gasteiger charge is 2.34. The van der Waals surface area contributed by atoms with E-state index in [1.54, 1.807) is 18.2 Å². The summed E-state index contributed by atoms with van der Waals surface area (Å²) >= 11 is 0. The molecule has 0 saturated heterocycles. The molecule has 1 aromatic rings. The van der Waals surface area contributed by atoms with Crippen LogP contribution in [0.4, 0.5) is 0 Å². The van der Waals surface area contributed by atoms with E-state index in [1.165, 1.54) is 4.90 Å². The van der Waals surface area contributed by atoms with Crippen LogP contribution in [0, 0.1) is 19.3 Å². The number of carbonyl (C=O) groups excluding carboxylic acids is 3. The summed E-state index contributed by atoms with van der Waals surface area (Å²) in [4.78, 5) is 36.9. The smallest absolute Gasteiger partial charge is 0.261 e. The van der Waals surface area contributed by atoms with Crippen LogP contribution in [0.2, 0.25) is 0 Å². The third-order valence-electron chi connectivity index (χ3n) is 3.30. The molecule has 108 valence electrons. The zero-order valence-electron chi connectivity index (χ0n) is 11.8. The van der Waals surface area contributed by atoms with Gasteiger partial charge in [0.15, 0.2) is 0 Å². The maximum absolute atomic E-state index is 12.2. The molecule has 2 rings (SSSR count). The van der Waals surface area contributed by atoms with Crippen molar-refractivity contribution in [2.45, 2.75) is 19.8 Å². The first-order chi connectivity index (χ1) is 10.0. The van der Waals surface area contributed by atoms with Crippen LogP contribution < -0.4 is 5.32 Å². The number of fused-ring (bicyclic) bond motifs is 1. The Morgan fingerprint density at radius 3 is 2.71 bits per heavy atom. The zero-order chi connectivity index (χ0) is 15.4. The Morgan fingerprint density at radius 2 is 2.00 bits per heavy atom. The first-order valence-electron chi connectivity index (χ1n) is 6.71. The minimum Gasteiger partial charge on any atom is -0.345 e. The molecule has 1 aliphatic rings. The Bertz CT molecular complexity index is 643. The van der Waals surface area contributed by atoms with Crippen LogP contribution in [0.25, 0.3) is 0 Å². The van der Waals surface area contributed by atoms with Crippen molar-refractivity contribution in [3.63, 3.8) is 0 Å². The summed E-state index contributed by atoms with van der Waals surface area (Å²) < 4.78 is 0. The summed E-state index contributed by atoms with van der Waals surface area (Å²) in [6.45, 7) is 2.29. The molecule has 5 nitrogen and oxygen atoms in total. The van der Waals surface area contributed by atoms with Crippen molar-refractivity contribution in [1.82, 2.24) is 10.2 Å². The molecule has 0 atom stereocenters. The minimum atomic E-state index is -0.293. The zero-order valence-corrected chi connectivity index (χ0v) is 11.8. The molecular weight excluding hydrogens is 268 g/mol. The summed E-state index contributed by atoms with van der Waals surface area (Å²) in [7, 11) is 0. The number of hydrogen-bond acceptors (Lipinski definition) is 3. The second-order valence-electron chi connectivity index (χ2n) is 4.90. The number of nitrogens with zero attached hydrogens (tertiary/aromatic N) is 1. The van der Waals surface area contributed by atoms with Crippen molar-refractivity contribution in [2.24, 2.45) is 0 Å². The van der Waals surface area contributed by atoms with Gasteiger partial charge in [0, 0.05) is 13.0 Å². The molecule has 0 bridgehead atoms. The van der Waals surface area contributed by atoms with E-state index < -0.39 is 0 Å². The van der Waals surface area contributed by atoms with Crippen LogP contribution in [-0.2, 0) is 4.79 Å². The maximum Gasteiger partial charge on any atom is 0.261 e. The monoisotopic (exact) mass is 284 g/mol. The van der Waals surface area contributed by atoms with Crippen LogP contribution in [0.1, 0.15) is 39.1 Å². The van der Waals surface area contributed by atoms with Gasteiger partial charge in [-0.2, -0.15) is 0 Å². The lowest BCUT2D eigenvalue weighted by atomic mass is 10.1. The molecule has 1 aromatic carbocycles. The fraction of sp³-hybridized carbons (Fsp3) is 0.312. The highest BCUT2D eigenvalue weighted by atomic mass is 16.2. The SMILES string of the molecule is C#CCNC(=O)CCCN1C(=O)c2ccc(C)cc2C1=O. The van der Waals surface area contributed by atoms with Gasteiger partial charge in [-0.15, -0.1) is 6.42 Å². The molecule has 0 radical (unpaired) electrons. The van der Waals surface area contributed by atoms with Crippen LogP contribution >= 0.6 is 0 Å². The maximum atomic E-state index is 12.2. The molecule has 21 heavy (non-hydrogen) atoms. The largest absolute Gasteiger partial charge is 0.345 e. The van der Waals surface area contributed by atoms with Crippen LogP contribution in [0.15, 0.2) is 18.2 Å². The van der Waals surface area contributed by atoms with Gasteiger partial charge in [0.1, 0.15) is 0 Å². The van der Waals surface area contributed by atoms with Gasteiger partial charge in [0.25, 0.3) is 11.8 Å². The highest BCUT2D eigenvalue weighted by Crippen LogP contribution is 2.24. The van der Waals surface area contributed by atoms with Gasteiger partial charge in [0.05, 0.1) is 17.7 Å². The predicted octanol–water partition coefficient (Wildman–Crippen LogP) is 1.12. The number of aryl methyl sites for hydroxylation is 1. The highest BCUT2D eigenvalue weighted by molar-refractivity contribution is 6.21. The van der Waals surface area contributed by atoms with Crippen LogP contribution in [0.3, 0.4) is 0 Å². The first-order valence-corrected chi connectivity index (χ1v) is 6.71. The third-order valence-corrected chi connectivity index (χ3v) is 3.30. The van der Waals surface area contributed by atoms with Crippen molar-refractivity contribution in [1.29, 1.82) is 0 Å². The first kappa shape index (κ1) is 14.8. The van der Waals surface area contributed by atoms with E-state index >= 15 is 0 Å². The number of imide groups is 1. The minimum absolute atomic E-state index is 0.180. The van der Waals surface area contributed by atoms with Crippen molar-refractivity contribution < 1.29 is 14.4 Å². The molecule has 5 heteroatoms. The van der Waals surface area contributed by atoms with E-state index in [-0.39, 0.29) is 37.2 Å². The Morgan fingerprint density at radius 1 is 1.29 bits per heavy atom. The average molecular weight is 284 g/mol. The summed E-state index contributed by atoms with van der Waals surface area (Å²) in [5, 5.41) is 2.54. The third kappa shape index (κ3) is 3.11. The Hall–Kier alpha value is -2.61. The van der Waals surface area contributed by atoms with E-state index in [0.29, 0.717) is 17.5 Å². The molecule has 3 amide bonds. The van der Waals surface area contributed by atoms with Gasteiger partial charge in [0.2, 0.25) is 5.91 Å². The van der Waals surface area contributed by atoms with Crippen LogP contribution in [0.5, 0.6) is 0 Å². The van der Waals surface area contributed by atoms with Crippen LogP contribution in [-0.4, -0.2) is 35.7 Å². The molecule has 0 aliphatic carbocycles. The van der Waals surface area contributed by atoms with Crippen molar-refractivity contribution in [3.8, 4) is 12.3 Å². The molecule has 0 spiro atoms. The standard InChI is InChI=1S/C16H16N2O3/c1-3-8-17-14(19)5-4-9-18-15(20)12-7-6-11(2)10-13(12)16(18)21/h1,6-7,10H,4-5,8-9H2,2H3,(H,17,19). The number of nitrogens with one attached hydrogen (secondary N) is 1. The molecule has 1 aliphatic heterocycles. The molecule has 0 fully saturated rings. The molecule has 0 aromatic heterocycles. The summed E-state index contributed by atoms with van der Waals surface area (Å²) in [5.74, 6) is 1.55. The van der Waals surface area contributed by atoms with Gasteiger partial charge in [-0.25, -0.2) is 0 Å². The van der Waals surface area contributed by atoms with Gasteiger partial charge in [-0.05, 0) is 25.5 Å². The number of carbonyl (C=O) groups is 3. The molecule has 0 unspecified atom stereocenters. The second-order valence-corrected chi connectivity index (χ2v) is 4.90. The number of hydrogen-bond donors (Lipinski definition) is 1. The number of amides is 3. The fourth-order valence-corrected chi connectivity index (χ4v) is 2.24. The number of terminal acetylenes is 1. The number of benzene rings is 1. The van der Waals surface area contributed by atoms with E-state index in [4.69, 9.17) is 6.42 Å². The number of rotatable bonds is 5. The normalized spacial score (nSPS) is 13.0. The van der Waals surface area contributed by atoms with Crippen molar-refractivity contribution in [3.05, 3.63) is 34.9 Å². The Balaban J connectivity index is 1.95. The molecule has 1 N–H and O–H groups in total. The summed E-state index contributed by atoms with van der Waals surface area (Å²) in [5.41, 5.74) is 1.81. The molecule has 1 heterocycles. The van der Waals surface area contributed by atoms with Crippen molar-refractivity contribution >= 4 is 17.7 Å². The van der Waals surface area contributed by atoms with Crippen molar-refractivity contribution in [2.75, 3.05) is 13.1 Å². The van der Waals surface area contributed by atoms with Gasteiger partial charge in [-0.3, -0.25) is 19.3 Å². The second kappa shape index (κ2) is 6.23. The Kier molecular flexibility index (Phi) is 4.39. The van der Waals surface area contributed by atoms with E-state index in [9.17, 15) is 14.4 Å².